The minimum atomic E-state index is 0.0811. The molecule has 0 saturated carbocycles. The van der Waals surface area contributed by atoms with E-state index in [2.05, 4.69) is 26.3 Å². The Kier molecular flexibility index (Phi) is 4.99. The second kappa shape index (κ2) is 8.01. The number of fused-ring (bicyclic) bond motifs is 4. The van der Waals surface area contributed by atoms with E-state index in [0.717, 1.165) is 42.0 Å². The molecule has 3 aromatic rings. The number of nitrogens with one attached hydrogen (secondary N) is 1. The summed E-state index contributed by atoms with van der Waals surface area (Å²) >= 11 is 1.50. The average Bonchev–Trinajstić information content (AvgIpc) is 3.41. The fourth-order valence-electron chi connectivity index (χ4n) is 5.57. The van der Waals surface area contributed by atoms with E-state index in [9.17, 15) is 4.79 Å². The van der Waals surface area contributed by atoms with Crippen molar-refractivity contribution in [2.24, 2.45) is 0 Å². The molecule has 2 fully saturated rings. The third-order valence-corrected chi connectivity index (χ3v) is 7.72. The number of hydrogen-bond acceptors (Lipinski definition) is 7. The fraction of sp³-hybridized carbons (Fsp3) is 0.458. The maximum Gasteiger partial charge on any atom is 0.281 e. The number of aromatic nitrogens is 2. The van der Waals surface area contributed by atoms with Gasteiger partial charge in [0.05, 0.1) is 4.70 Å². The van der Waals surface area contributed by atoms with Crippen LogP contribution in [0.1, 0.15) is 38.2 Å². The quantitative estimate of drug-likeness (QED) is 0.635. The maximum atomic E-state index is 11.5. The zero-order chi connectivity index (χ0) is 21.7. The number of thiazole rings is 1. The highest BCUT2D eigenvalue weighted by Crippen LogP contribution is 2.39. The molecule has 2 aromatic heterocycles. The van der Waals surface area contributed by atoms with Crippen LogP contribution in [0.4, 0.5) is 0 Å². The predicted molar refractivity (Wildman–Crippen MR) is 122 cm³/mol. The first-order valence-electron chi connectivity index (χ1n) is 11.3. The molecule has 3 aliphatic heterocycles. The van der Waals surface area contributed by atoms with Gasteiger partial charge in [0.1, 0.15) is 17.6 Å². The third-order valence-electron chi connectivity index (χ3n) is 6.83. The number of rotatable bonds is 5. The molecule has 1 amide bonds. The Hall–Kier alpha value is -2.71. The van der Waals surface area contributed by atoms with Gasteiger partial charge in [0.25, 0.3) is 5.19 Å². The van der Waals surface area contributed by atoms with Crippen molar-refractivity contribution in [1.82, 2.24) is 20.2 Å². The van der Waals surface area contributed by atoms with Crippen LogP contribution < -0.4 is 14.8 Å². The minimum Gasteiger partial charge on any atom is -0.488 e. The molecule has 32 heavy (non-hydrogen) atoms. The molecule has 2 unspecified atom stereocenters. The van der Waals surface area contributed by atoms with E-state index >= 15 is 0 Å². The molecule has 8 heteroatoms. The molecular weight excluding hydrogens is 424 g/mol. The van der Waals surface area contributed by atoms with E-state index in [1.165, 1.54) is 29.7 Å². The molecule has 2 saturated heterocycles. The molecule has 7 nitrogen and oxygen atoms in total. The summed E-state index contributed by atoms with van der Waals surface area (Å²) in [7, 11) is 0. The summed E-state index contributed by atoms with van der Waals surface area (Å²) in [4.78, 5) is 22.8. The summed E-state index contributed by atoms with van der Waals surface area (Å²) in [6.07, 6.45) is 7.32. The second-order valence-corrected chi connectivity index (χ2v) is 10.1. The summed E-state index contributed by atoms with van der Waals surface area (Å²) in [5, 5.41) is 3.73. The molecule has 1 N–H and O–H groups in total. The predicted octanol–water partition coefficient (Wildman–Crippen LogP) is 3.92. The number of carbonyl (C=O) groups excluding carboxylic acids is 1. The van der Waals surface area contributed by atoms with Gasteiger partial charge in [-0.3, -0.25) is 9.69 Å². The maximum absolute atomic E-state index is 11.5. The van der Waals surface area contributed by atoms with Crippen molar-refractivity contribution < 1.29 is 14.3 Å². The van der Waals surface area contributed by atoms with Gasteiger partial charge in [0.15, 0.2) is 5.65 Å². The van der Waals surface area contributed by atoms with E-state index < -0.39 is 0 Å². The zero-order valence-electron chi connectivity index (χ0n) is 18.0. The van der Waals surface area contributed by atoms with Crippen molar-refractivity contribution in [1.29, 1.82) is 0 Å². The highest BCUT2D eigenvalue weighted by atomic mass is 32.1. The van der Waals surface area contributed by atoms with E-state index in [4.69, 9.17) is 9.47 Å². The van der Waals surface area contributed by atoms with Crippen LogP contribution in [-0.4, -0.2) is 51.5 Å². The lowest BCUT2D eigenvalue weighted by Crippen LogP contribution is -2.52. The van der Waals surface area contributed by atoms with Crippen LogP contribution in [0.25, 0.3) is 10.3 Å². The van der Waals surface area contributed by atoms with Crippen molar-refractivity contribution in [3.8, 4) is 16.7 Å². The lowest BCUT2D eigenvalue weighted by atomic mass is 9.96. The summed E-state index contributed by atoms with van der Waals surface area (Å²) in [5.74, 6) is 1.81. The molecule has 3 aliphatic rings. The highest BCUT2D eigenvalue weighted by Gasteiger charge is 2.42. The number of ether oxygens (including phenoxy) is 2. The molecule has 1 aromatic carbocycles. The SMILES string of the molecule is CC(=O)NC1C[C@H]2CC[C@@H](C1)N2CC1Cc2cc(Oc3nc4ncccc4s3)ccc2O1. The lowest BCUT2D eigenvalue weighted by molar-refractivity contribution is -0.120. The standard InChI is InChI=1S/C24H26N4O3S/c1-14(29)26-16-11-17-4-5-18(12-16)28(17)13-20-10-15-9-19(6-7-21(15)30-20)31-24-27-23-22(32-24)3-2-8-25-23/h2-3,6-9,16-18,20H,4-5,10-13H2,1H3,(H,26,29)/t16?,17-,18+,20?. The minimum absolute atomic E-state index is 0.0811. The van der Waals surface area contributed by atoms with Gasteiger partial charge >= 0.3 is 0 Å². The second-order valence-electron chi connectivity index (χ2n) is 9.07. The Bertz CT molecular complexity index is 1120. The van der Waals surface area contributed by atoms with Crippen molar-refractivity contribution in [2.75, 3.05) is 6.54 Å². The first-order chi connectivity index (χ1) is 15.6. The van der Waals surface area contributed by atoms with Crippen LogP contribution in [0.2, 0.25) is 0 Å². The van der Waals surface area contributed by atoms with Gasteiger partial charge in [-0.2, -0.15) is 4.98 Å². The topological polar surface area (TPSA) is 76.6 Å². The number of nitrogens with zero attached hydrogens (tertiary/aromatic N) is 3. The number of amides is 1. The van der Waals surface area contributed by atoms with Crippen LogP contribution in [0.15, 0.2) is 36.5 Å². The van der Waals surface area contributed by atoms with Crippen LogP contribution >= 0.6 is 11.3 Å². The number of benzene rings is 1. The molecule has 6 rings (SSSR count). The molecule has 0 spiro atoms. The Labute approximate surface area is 190 Å². The summed E-state index contributed by atoms with van der Waals surface area (Å²) in [5.41, 5.74) is 1.90. The smallest absolute Gasteiger partial charge is 0.281 e. The fourth-order valence-corrected chi connectivity index (χ4v) is 6.36. The molecular formula is C24H26N4O3S. The first-order valence-corrected chi connectivity index (χ1v) is 12.1. The first kappa shape index (κ1) is 19.9. The van der Waals surface area contributed by atoms with Crippen molar-refractivity contribution in [3.63, 3.8) is 0 Å². The van der Waals surface area contributed by atoms with E-state index in [1.807, 2.05) is 24.3 Å². The molecule has 166 valence electrons. The van der Waals surface area contributed by atoms with Crippen LogP contribution in [0.3, 0.4) is 0 Å². The largest absolute Gasteiger partial charge is 0.488 e. The van der Waals surface area contributed by atoms with Crippen LogP contribution in [0.5, 0.6) is 16.7 Å². The molecule has 4 atom stereocenters. The van der Waals surface area contributed by atoms with Gasteiger partial charge in [0, 0.05) is 49.8 Å². The Morgan fingerprint density at radius 3 is 2.91 bits per heavy atom. The van der Waals surface area contributed by atoms with Gasteiger partial charge in [-0.15, -0.1) is 0 Å². The number of carbonyl (C=O) groups is 1. The van der Waals surface area contributed by atoms with Gasteiger partial charge in [-0.1, -0.05) is 11.3 Å². The zero-order valence-corrected chi connectivity index (χ0v) is 18.8. The van der Waals surface area contributed by atoms with Gasteiger partial charge < -0.3 is 14.8 Å². The van der Waals surface area contributed by atoms with Gasteiger partial charge in [-0.05, 0) is 56.0 Å². The average molecular weight is 451 g/mol. The van der Waals surface area contributed by atoms with Gasteiger partial charge in [0.2, 0.25) is 5.91 Å². The van der Waals surface area contributed by atoms with Crippen molar-refractivity contribution >= 4 is 27.6 Å². The highest BCUT2D eigenvalue weighted by molar-refractivity contribution is 7.20. The van der Waals surface area contributed by atoms with Crippen molar-refractivity contribution in [3.05, 3.63) is 42.1 Å². The molecule has 2 bridgehead atoms. The van der Waals surface area contributed by atoms with E-state index in [0.29, 0.717) is 29.0 Å². The van der Waals surface area contributed by atoms with E-state index in [1.54, 1.807) is 13.1 Å². The Morgan fingerprint density at radius 1 is 1.28 bits per heavy atom. The summed E-state index contributed by atoms with van der Waals surface area (Å²) < 4.78 is 13.3. The number of piperidine rings is 1. The summed E-state index contributed by atoms with van der Waals surface area (Å²) in [6, 6.07) is 11.4. The van der Waals surface area contributed by atoms with Crippen LogP contribution in [-0.2, 0) is 11.2 Å². The van der Waals surface area contributed by atoms with Gasteiger partial charge in [-0.25, -0.2) is 4.98 Å². The number of pyridine rings is 1. The Balaban J connectivity index is 1.10. The Morgan fingerprint density at radius 2 is 2.12 bits per heavy atom. The van der Waals surface area contributed by atoms with E-state index in [-0.39, 0.29) is 12.0 Å². The van der Waals surface area contributed by atoms with Crippen LogP contribution in [0, 0.1) is 0 Å². The number of hydrogen-bond donors (Lipinski definition) is 1. The van der Waals surface area contributed by atoms with Crippen molar-refractivity contribution in [2.45, 2.75) is 63.3 Å². The molecule has 0 aliphatic carbocycles. The molecule has 0 radical (unpaired) electrons. The molecule has 5 heterocycles. The lowest BCUT2D eigenvalue weighted by Gasteiger charge is -2.40. The summed E-state index contributed by atoms with van der Waals surface area (Å²) in [6.45, 7) is 2.56. The third kappa shape index (κ3) is 3.82. The normalized spacial score (nSPS) is 26.7. The monoisotopic (exact) mass is 450 g/mol.